The van der Waals surface area contributed by atoms with Gasteiger partial charge in [0.25, 0.3) is 0 Å². The number of ether oxygens (including phenoxy) is 3. The zero-order valence-electron chi connectivity index (χ0n) is 32.3. The van der Waals surface area contributed by atoms with Gasteiger partial charge in [0.05, 0.1) is 13.2 Å². The van der Waals surface area contributed by atoms with Crippen LogP contribution in [0.1, 0.15) is 168 Å². The molecule has 0 saturated carbocycles. The van der Waals surface area contributed by atoms with E-state index in [1.807, 2.05) is 19.0 Å². The van der Waals surface area contributed by atoms with Crippen molar-refractivity contribution in [1.82, 2.24) is 4.90 Å². The molecule has 0 rings (SSSR count). The van der Waals surface area contributed by atoms with Crippen LogP contribution in [0.4, 0.5) is 0 Å². The second kappa shape index (κ2) is 39.7. The first kappa shape index (κ1) is 46.3. The highest BCUT2D eigenvalue weighted by molar-refractivity contribution is 5.71. The molecule has 0 aromatic carbocycles. The van der Waals surface area contributed by atoms with Gasteiger partial charge in [-0.3, -0.25) is 9.69 Å². The molecule has 0 heterocycles. The highest BCUT2D eigenvalue weighted by Crippen LogP contribution is 2.11. The van der Waals surface area contributed by atoms with Gasteiger partial charge >= 0.3 is 5.97 Å². The van der Waals surface area contributed by atoms with Crippen molar-refractivity contribution in [3.05, 3.63) is 48.6 Å². The van der Waals surface area contributed by atoms with E-state index in [2.05, 4.69) is 62.5 Å². The average Bonchev–Trinajstić information content (AvgIpc) is 3.07. The number of carbonyl (C=O) groups is 1. The molecule has 0 aliphatic carbocycles. The lowest BCUT2D eigenvalue weighted by Crippen LogP contribution is -2.31. The Morgan fingerprint density at radius 1 is 0.521 bits per heavy atom. The van der Waals surface area contributed by atoms with E-state index in [1.54, 1.807) is 0 Å². The molecule has 0 aromatic heterocycles. The number of carbonyl (C=O) groups excluding carboxylic acids is 1. The number of hydrogen-bond donors (Lipinski definition) is 0. The summed E-state index contributed by atoms with van der Waals surface area (Å²) in [6.07, 6.45) is 48.1. The monoisotopic (exact) mass is 674 g/mol. The van der Waals surface area contributed by atoms with Gasteiger partial charge in [-0.2, -0.15) is 0 Å². The van der Waals surface area contributed by atoms with Gasteiger partial charge in [-0.1, -0.05) is 140 Å². The van der Waals surface area contributed by atoms with E-state index in [-0.39, 0.29) is 25.2 Å². The lowest BCUT2D eigenvalue weighted by atomic mass is 10.1. The molecule has 0 radical (unpaired) electrons. The van der Waals surface area contributed by atoms with Crippen LogP contribution in [-0.2, 0) is 19.0 Å². The highest BCUT2D eigenvalue weighted by atomic mass is 16.6. The van der Waals surface area contributed by atoms with Gasteiger partial charge in [0.1, 0.15) is 12.7 Å². The van der Waals surface area contributed by atoms with Crippen molar-refractivity contribution in [3.8, 4) is 0 Å². The molecular weight excluding hydrogens is 594 g/mol. The first-order valence-electron chi connectivity index (χ1n) is 20.2. The van der Waals surface area contributed by atoms with Crippen LogP contribution >= 0.6 is 0 Å². The van der Waals surface area contributed by atoms with Crippen molar-refractivity contribution in [2.24, 2.45) is 0 Å². The van der Waals surface area contributed by atoms with E-state index in [4.69, 9.17) is 14.2 Å². The number of hydrogen-bond acceptors (Lipinski definition) is 5. The minimum absolute atomic E-state index is 0.196. The van der Waals surface area contributed by atoms with E-state index in [1.165, 1.54) is 128 Å². The first-order valence-corrected chi connectivity index (χ1v) is 20.2. The lowest BCUT2D eigenvalue weighted by molar-refractivity contribution is -0.150. The van der Waals surface area contributed by atoms with Gasteiger partial charge in [-0.15, -0.1) is 0 Å². The van der Waals surface area contributed by atoms with E-state index in [0.29, 0.717) is 13.2 Å². The van der Waals surface area contributed by atoms with Crippen molar-refractivity contribution < 1.29 is 19.0 Å². The largest absolute Gasteiger partial charge is 0.462 e. The normalized spacial score (nSPS) is 12.9. The van der Waals surface area contributed by atoms with Crippen LogP contribution < -0.4 is 0 Å². The molecule has 0 aromatic rings. The maximum Gasteiger partial charge on any atom is 0.320 e. The third kappa shape index (κ3) is 38.8. The van der Waals surface area contributed by atoms with Crippen molar-refractivity contribution >= 4 is 5.97 Å². The van der Waals surface area contributed by atoms with Crippen molar-refractivity contribution in [1.29, 1.82) is 0 Å². The maximum absolute atomic E-state index is 12.1. The molecule has 0 saturated heterocycles. The molecule has 0 aliphatic heterocycles. The average molecular weight is 674 g/mol. The number of likely N-dealkylation sites (N-methyl/N-ethyl adjacent to an activating group) is 1. The summed E-state index contributed by atoms with van der Waals surface area (Å²) < 4.78 is 17.6. The Balaban J connectivity index is 3.89. The van der Waals surface area contributed by atoms with E-state index >= 15 is 0 Å². The van der Waals surface area contributed by atoms with Crippen LogP contribution in [0.2, 0.25) is 0 Å². The van der Waals surface area contributed by atoms with Crippen LogP contribution in [0, 0.1) is 0 Å². The number of nitrogens with zero attached hydrogens (tertiary/aromatic N) is 1. The molecular formula is C43H79NO4. The summed E-state index contributed by atoms with van der Waals surface area (Å²) in [6.45, 7) is 6.97. The molecule has 0 amide bonds. The predicted molar refractivity (Wildman–Crippen MR) is 209 cm³/mol. The van der Waals surface area contributed by atoms with Crippen molar-refractivity contribution in [2.45, 2.75) is 174 Å². The molecule has 1 unspecified atom stereocenters. The van der Waals surface area contributed by atoms with E-state index in [0.717, 1.165) is 32.3 Å². The van der Waals surface area contributed by atoms with Crippen LogP contribution in [0.15, 0.2) is 48.6 Å². The highest BCUT2D eigenvalue weighted by Gasteiger charge is 2.14. The van der Waals surface area contributed by atoms with E-state index < -0.39 is 0 Å². The predicted octanol–water partition coefficient (Wildman–Crippen LogP) is 12.1. The molecule has 0 fully saturated rings. The SMILES string of the molecule is CCCCCC=CCC=CCCCCCCCCOCC(COC(=O)CN(C)C)OCCCCCCCCC=CCC=CCCCCC. The smallest absolute Gasteiger partial charge is 0.320 e. The summed E-state index contributed by atoms with van der Waals surface area (Å²) in [6, 6.07) is 0. The summed E-state index contributed by atoms with van der Waals surface area (Å²) >= 11 is 0. The Kier molecular flexibility index (Phi) is 38.3. The van der Waals surface area contributed by atoms with Crippen LogP contribution in [0.5, 0.6) is 0 Å². The van der Waals surface area contributed by atoms with E-state index in [9.17, 15) is 4.79 Å². The molecule has 280 valence electrons. The van der Waals surface area contributed by atoms with Gasteiger partial charge in [-0.25, -0.2) is 0 Å². The topological polar surface area (TPSA) is 48.0 Å². The Bertz CT molecular complexity index is 773. The fourth-order valence-electron chi connectivity index (χ4n) is 5.38. The number of esters is 1. The first-order chi connectivity index (χ1) is 23.6. The molecule has 48 heavy (non-hydrogen) atoms. The van der Waals surface area contributed by atoms with Gasteiger partial charge < -0.3 is 14.2 Å². The summed E-state index contributed by atoms with van der Waals surface area (Å²) in [7, 11) is 3.74. The van der Waals surface area contributed by atoms with Gasteiger partial charge in [0.2, 0.25) is 0 Å². The van der Waals surface area contributed by atoms with Crippen LogP contribution in [-0.4, -0.2) is 64.0 Å². The summed E-state index contributed by atoms with van der Waals surface area (Å²) in [5.41, 5.74) is 0. The number of allylic oxidation sites excluding steroid dienone is 8. The fourth-order valence-corrected chi connectivity index (χ4v) is 5.38. The third-order valence-corrected chi connectivity index (χ3v) is 8.37. The standard InChI is InChI=1S/C43H79NO4/c1-5-7-9-11-13-15-17-19-21-23-25-27-29-31-33-35-37-46-40-42(41-48-43(45)39-44(3)4)47-38-36-34-32-30-28-26-24-22-20-18-16-14-12-10-8-6-2/h13-16,19-22,42H,5-12,17-18,23-41H2,1-4H3. The van der Waals surface area contributed by atoms with Crippen LogP contribution in [0.3, 0.4) is 0 Å². The molecule has 0 spiro atoms. The Hall–Kier alpha value is -1.69. The van der Waals surface area contributed by atoms with Crippen molar-refractivity contribution in [3.63, 3.8) is 0 Å². The third-order valence-electron chi connectivity index (χ3n) is 8.37. The summed E-state index contributed by atoms with van der Waals surface area (Å²) in [5.74, 6) is -0.215. The molecule has 0 N–H and O–H groups in total. The molecule has 1 atom stereocenters. The maximum atomic E-state index is 12.1. The molecule has 0 bridgehead atoms. The molecule has 5 nitrogen and oxygen atoms in total. The summed E-state index contributed by atoms with van der Waals surface area (Å²) in [4.78, 5) is 13.9. The summed E-state index contributed by atoms with van der Waals surface area (Å²) in [5, 5.41) is 0. The minimum Gasteiger partial charge on any atom is -0.462 e. The molecule has 0 aliphatic rings. The van der Waals surface area contributed by atoms with Crippen molar-refractivity contribution in [2.75, 3.05) is 47.1 Å². The number of unbranched alkanes of at least 4 members (excludes halogenated alkanes) is 18. The zero-order chi connectivity index (χ0) is 35.0. The number of rotatable bonds is 37. The Morgan fingerprint density at radius 3 is 1.40 bits per heavy atom. The minimum atomic E-state index is -0.215. The second-order valence-electron chi connectivity index (χ2n) is 13.7. The van der Waals surface area contributed by atoms with Crippen LogP contribution in [0.25, 0.3) is 0 Å². The van der Waals surface area contributed by atoms with Gasteiger partial charge in [0.15, 0.2) is 0 Å². The zero-order valence-corrected chi connectivity index (χ0v) is 32.3. The Morgan fingerprint density at radius 2 is 0.938 bits per heavy atom. The lowest BCUT2D eigenvalue weighted by Gasteiger charge is -2.19. The van der Waals surface area contributed by atoms with Gasteiger partial charge in [0, 0.05) is 13.2 Å². The quantitative estimate of drug-likeness (QED) is 0.0373. The van der Waals surface area contributed by atoms with Gasteiger partial charge in [-0.05, 0) is 91.1 Å². The molecule has 5 heteroatoms. The Labute approximate surface area is 299 Å². The fraction of sp³-hybridized carbons (Fsp3) is 0.791. The second-order valence-corrected chi connectivity index (χ2v) is 13.7.